The van der Waals surface area contributed by atoms with Crippen molar-refractivity contribution in [3.05, 3.63) is 36.0 Å². The number of carbonyl (C=O) groups is 2. The van der Waals surface area contributed by atoms with Crippen LogP contribution in [0.1, 0.15) is 29.6 Å². The number of likely N-dealkylation sites (tertiary alicyclic amines) is 1. The molecule has 0 spiro atoms. The van der Waals surface area contributed by atoms with Crippen molar-refractivity contribution < 1.29 is 14.7 Å². The molecule has 5 nitrogen and oxygen atoms in total. The van der Waals surface area contributed by atoms with Gasteiger partial charge in [-0.1, -0.05) is 0 Å². The number of carboxylic acids is 1. The van der Waals surface area contributed by atoms with Crippen LogP contribution in [-0.2, 0) is 4.79 Å². The number of piperidine rings is 1. The van der Waals surface area contributed by atoms with Gasteiger partial charge in [0.15, 0.2) is 0 Å². The fourth-order valence-electron chi connectivity index (χ4n) is 2.78. The third kappa shape index (κ3) is 2.15. The summed E-state index contributed by atoms with van der Waals surface area (Å²) in [5.74, 6) is -1.11. The number of rotatable bonds is 2. The summed E-state index contributed by atoms with van der Waals surface area (Å²) >= 11 is 0. The highest BCUT2D eigenvalue weighted by Gasteiger charge is 2.32. The average molecular weight is 272 g/mol. The number of aromatic amines is 1. The van der Waals surface area contributed by atoms with E-state index in [4.69, 9.17) is 0 Å². The van der Waals surface area contributed by atoms with Gasteiger partial charge >= 0.3 is 5.97 Å². The Bertz CT molecular complexity index is 662. The van der Waals surface area contributed by atoms with Gasteiger partial charge in [-0.2, -0.15) is 0 Å². The minimum absolute atomic E-state index is 0.194. The Kier molecular flexibility index (Phi) is 3.18. The highest BCUT2D eigenvalue weighted by Crippen LogP contribution is 2.22. The van der Waals surface area contributed by atoms with Crippen LogP contribution >= 0.6 is 0 Å². The van der Waals surface area contributed by atoms with Crippen molar-refractivity contribution in [1.82, 2.24) is 9.88 Å². The Hall–Kier alpha value is -2.30. The van der Waals surface area contributed by atoms with E-state index in [1.165, 1.54) is 4.90 Å². The highest BCUT2D eigenvalue weighted by atomic mass is 16.4. The van der Waals surface area contributed by atoms with Gasteiger partial charge in [0.1, 0.15) is 6.04 Å². The van der Waals surface area contributed by atoms with Gasteiger partial charge in [-0.05, 0) is 43.5 Å². The van der Waals surface area contributed by atoms with Crippen molar-refractivity contribution in [2.24, 2.45) is 0 Å². The molecular weight excluding hydrogens is 256 g/mol. The van der Waals surface area contributed by atoms with Crippen LogP contribution in [-0.4, -0.2) is 39.5 Å². The van der Waals surface area contributed by atoms with Crippen LogP contribution in [0.3, 0.4) is 0 Å². The molecule has 1 aliphatic rings. The number of carbonyl (C=O) groups excluding carboxylic acids is 1. The van der Waals surface area contributed by atoms with Crippen molar-refractivity contribution in [1.29, 1.82) is 0 Å². The third-order valence-electron chi connectivity index (χ3n) is 3.85. The summed E-state index contributed by atoms with van der Waals surface area (Å²) in [5, 5.41) is 10.2. The molecule has 0 aliphatic carbocycles. The summed E-state index contributed by atoms with van der Waals surface area (Å²) < 4.78 is 0. The van der Waals surface area contributed by atoms with E-state index >= 15 is 0 Å². The van der Waals surface area contributed by atoms with Gasteiger partial charge in [-0.15, -0.1) is 0 Å². The molecule has 0 radical (unpaired) electrons. The zero-order chi connectivity index (χ0) is 14.1. The third-order valence-corrected chi connectivity index (χ3v) is 3.85. The second kappa shape index (κ2) is 5.00. The number of amides is 1. The number of H-pyrrole nitrogens is 1. The van der Waals surface area contributed by atoms with Crippen LogP contribution in [0.4, 0.5) is 0 Å². The summed E-state index contributed by atoms with van der Waals surface area (Å²) in [6.07, 6.45) is 4.08. The van der Waals surface area contributed by atoms with Crippen molar-refractivity contribution >= 4 is 22.8 Å². The molecule has 1 aliphatic heterocycles. The molecule has 1 atom stereocenters. The number of hydrogen-bond acceptors (Lipinski definition) is 2. The maximum Gasteiger partial charge on any atom is 0.326 e. The van der Waals surface area contributed by atoms with Gasteiger partial charge in [-0.3, -0.25) is 4.79 Å². The van der Waals surface area contributed by atoms with Gasteiger partial charge < -0.3 is 15.0 Å². The standard InChI is InChI=1S/C15H16N2O3/c18-14(17-8-2-1-3-13(17)15(19)20)11-4-5-12-10(9-11)6-7-16-12/h4-7,9,13,16H,1-3,8H2,(H,19,20)/t13-/m0/s1. The molecule has 1 fully saturated rings. The van der Waals surface area contributed by atoms with Crippen molar-refractivity contribution in [3.63, 3.8) is 0 Å². The lowest BCUT2D eigenvalue weighted by Crippen LogP contribution is -2.47. The lowest BCUT2D eigenvalue weighted by Gasteiger charge is -2.33. The van der Waals surface area contributed by atoms with Gasteiger partial charge in [0, 0.05) is 29.2 Å². The molecule has 0 saturated carbocycles. The molecule has 1 amide bonds. The maximum atomic E-state index is 12.5. The van der Waals surface area contributed by atoms with E-state index in [-0.39, 0.29) is 5.91 Å². The summed E-state index contributed by atoms with van der Waals surface area (Å²) in [7, 11) is 0. The molecule has 2 N–H and O–H groups in total. The van der Waals surface area contributed by atoms with Crippen molar-refractivity contribution in [2.45, 2.75) is 25.3 Å². The Morgan fingerprint density at radius 1 is 1.25 bits per heavy atom. The molecule has 20 heavy (non-hydrogen) atoms. The topological polar surface area (TPSA) is 73.4 Å². The van der Waals surface area contributed by atoms with Gasteiger partial charge in [0.25, 0.3) is 5.91 Å². The van der Waals surface area contributed by atoms with E-state index in [1.54, 1.807) is 6.07 Å². The predicted octanol–water partition coefficient (Wildman–Crippen LogP) is 2.25. The predicted molar refractivity (Wildman–Crippen MR) is 74.6 cm³/mol. The Labute approximate surface area is 116 Å². The average Bonchev–Trinajstić information content (AvgIpc) is 2.93. The normalized spacial score (nSPS) is 19.2. The zero-order valence-corrected chi connectivity index (χ0v) is 11.0. The van der Waals surface area contributed by atoms with Crippen LogP contribution in [0.25, 0.3) is 10.9 Å². The minimum Gasteiger partial charge on any atom is -0.480 e. The number of carboxylic acid groups (broad SMARTS) is 1. The highest BCUT2D eigenvalue weighted by molar-refractivity contribution is 5.99. The first-order chi connectivity index (χ1) is 9.66. The van der Waals surface area contributed by atoms with Crippen LogP contribution in [0.2, 0.25) is 0 Å². The SMILES string of the molecule is O=C(O)[C@@H]1CCCCN1C(=O)c1ccc2[nH]ccc2c1. The number of fused-ring (bicyclic) bond motifs is 1. The molecular formula is C15H16N2O3. The molecule has 5 heteroatoms. The van der Waals surface area contributed by atoms with Crippen LogP contribution in [0, 0.1) is 0 Å². The summed E-state index contributed by atoms with van der Waals surface area (Å²) in [5.41, 5.74) is 1.51. The van der Waals surface area contributed by atoms with Gasteiger partial charge in [0.05, 0.1) is 0 Å². The van der Waals surface area contributed by atoms with E-state index in [0.717, 1.165) is 23.7 Å². The van der Waals surface area contributed by atoms with E-state index in [2.05, 4.69) is 4.98 Å². The second-order valence-electron chi connectivity index (χ2n) is 5.13. The zero-order valence-electron chi connectivity index (χ0n) is 11.0. The summed E-state index contributed by atoms with van der Waals surface area (Å²) in [4.78, 5) is 28.4. The summed E-state index contributed by atoms with van der Waals surface area (Å²) in [6.45, 7) is 0.515. The van der Waals surface area contributed by atoms with E-state index in [0.29, 0.717) is 18.5 Å². The lowest BCUT2D eigenvalue weighted by molar-refractivity contribution is -0.143. The molecule has 104 valence electrons. The quantitative estimate of drug-likeness (QED) is 0.880. The molecule has 0 bridgehead atoms. The monoisotopic (exact) mass is 272 g/mol. The maximum absolute atomic E-state index is 12.5. The second-order valence-corrected chi connectivity index (χ2v) is 5.13. The molecule has 0 unspecified atom stereocenters. The number of nitrogens with one attached hydrogen (secondary N) is 1. The van der Waals surface area contributed by atoms with E-state index in [1.807, 2.05) is 24.4 Å². The van der Waals surface area contributed by atoms with Crippen LogP contribution in [0.5, 0.6) is 0 Å². The molecule has 3 rings (SSSR count). The van der Waals surface area contributed by atoms with E-state index < -0.39 is 12.0 Å². The Morgan fingerprint density at radius 3 is 2.90 bits per heavy atom. The van der Waals surface area contributed by atoms with Crippen molar-refractivity contribution in [3.8, 4) is 0 Å². The first-order valence-electron chi connectivity index (χ1n) is 6.78. The largest absolute Gasteiger partial charge is 0.480 e. The number of hydrogen-bond donors (Lipinski definition) is 2. The first kappa shape index (κ1) is 12.7. The molecule has 2 aromatic rings. The number of aromatic nitrogens is 1. The fraction of sp³-hybridized carbons (Fsp3) is 0.333. The number of benzene rings is 1. The van der Waals surface area contributed by atoms with Gasteiger partial charge in [0.2, 0.25) is 0 Å². The van der Waals surface area contributed by atoms with Crippen LogP contribution in [0.15, 0.2) is 30.5 Å². The van der Waals surface area contributed by atoms with Crippen molar-refractivity contribution in [2.75, 3.05) is 6.54 Å². The van der Waals surface area contributed by atoms with Gasteiger partial charge in [-0.25, -0.2) is 4.79 Å². The Morgan fingerprint density at radius 2 is 2.10 bits per heavy atom. The molecule has 1 aromatic carbocycles. The molecule has 2 heterocycles. The lowest BCUT2D eigenvalue weighted by atomic mass is 10.0. The fourth-order valence-corrected chi connectivity index (χ4v) is 2.78. The number of aliphatic carboxylic acids is 1. The Balaban J connectivity index is 1.91. The molecule has 1 saturated heterocycles. The molecule has 1 aromatic heterocycles. The summed E-state index contributed by atoms with van der Waals surface area (Å²) in [6, 6.07) is 6.61. The van der Waals surface area contributed by atoms with Crippen LogP contribution < -0.4 is 0 Å². The smallest absolute Gasteiger partial charge is 0.326 e. The number of nitrogens with zero attached hydrogens (tertiary/aromatic N) is 1. The van der Waals surface area contributed by atoms with E-state index in [9.17, 15) is 14.7 Å². The minimum atomic E-state index is -0.916. The first-order valence-corrected chi connectivity index (χ1v) is 6.78.